The van der Waals surface area contributed by atoms with Gasteiger partial charge in [-0.25, -0.2) is 4.79 Å². The van der Waals surface area contributed by atoms with E-state index in [0.29, 0.717) is 6.42 Å². The van der Waals surface area contributed by atoms with Crippen molar-refractivity contribution in [2.24, 2.45) is 0 Å². The zero-order chi connectivity index (χ0) is 24.6. The van der Waals surface area contributed by atoms with E-state index in [0.717, 1.165) is 0 Å². The molecule has 2 aromatic rings. The average molecular weight is 478 g/mol. The smallest absolute Gasteiger partial charge is 0.411 e. The minimum absolute atomic E-state index is 0.0345. The standard InChI is InChI=1S/C28H35N3O4/c1-26(2,3)35-25(32)31-19-16-28(24(31)23-22(19)33-27(4,5)34-23)29-20(17-12-8-6-9-13-17)21(30-28)18-14-10-7-11-15-18/h6-15,19-24,29-30H,16H2,1-5H3/t19-,20+,21+,22-,23-,24-/m0/s1. The normalized spacial score (nSPS) is 34.4. The second-order valence-corrected chi connectivity index (χ2v) is 11.7. The van der Waals surface area contributed by atoms with Gasteiger partial charge in [0.2, 0.25) is 0 Å². The van der Waals surface area contributed by atoms with Crippen LogP contribution in [0.1, 0.15) is 64.3 Å². The molecule has 0 aliphatic carbocycles. The van der Waals surface area contributed by atoms with Gasteiger partial charge in [0.25, 0.3) is 0 Å². The third kappa shape index (κ3) is 3.76. The summed E-state index contributed by atoms with van der Waals surface area (Å²) < 4.78 is 18.6. The zero-order valence-corrected chi connectivity index (χ0v) is 21.0. The molecule has 6 rings (SSSR count). The van der Waals surface area contributed by atoms with Gasteiger partial charge in [-0.1, -0.05) is 60.7 Å². The Balaban J connectivity index is 1.40. The molecule has 0 aromatic heterocycles. The van der Waals surface area contributed by atoms with Crippen molar-refractivity contribution in [1.29, 1.82) is 0 Å². The number of amides is 1. The molecule has 7 heteroatoms. The molecule has 4 aliphatic rings. The lowest BCUT2D eigenvalue weighted by atomic mass is 9.85. The molecule has 1 spiro atoms. The molecule has 35 heavy (non-hydrogen) atoms. The van der Waals surface area contributed by atoms with Gasteiger partial charge in [0.15, 0.2) is 5.79 Å². The lowest BCUT2D eigenvalue weighted by Gasteiger charge is -2.38. The number of nitrogens with zero attached hydrogens (tertiary/aromatic N) is 1. The Kier molecular flexibility index (Phi) is 5.10. The molecule has 0 radical (unpaired) electrons. The Morgan fingerprint density at radius 2 is 1.43 bits per heavy atom. The number of nitrogens with one attached hydrogen (secondary N) is 2. The highest BCUT2D eigenvalue weighted by Crippen LogP contribution is 2.55. The summed E-state index contributed by atoms with van der Waals surface area (Å²) in [4.78, 5) is 15.4. The number of hydrogen-bond acceptors (Lipinski definition) is 6. The number of fused-ring (bicyclic) bond motifs is 6. The molecule has 0 saturated carbocycles. The second kappa shape index (κ2) is 7.77. The topological polar surface area (TPSA) is 72.1 Å². The van der Waals surface area contributed by atoms with Gasteiger partial charge in [-0.3, -0.25) is 15.5 Å². The van der Waals surface area contributed by atoms with Gasteiger partial charge in [-0.05, 0) is 45.7 Å². The largest absolute Gasteiger partial charge is 0.444 e. The Bertz CT molecular complexity index is 1050. The lowest BCUT2D eigenvalue weighted by Crippen LogP contribution is -2.64. The molecule has 4 saturated heterocycles. The molecule has 4 aliphatic heterocycles. The van der Waals surface area contributed by atoms with E-state index in [2.05, 4.69) is 59.2 Å². The molecule has 4 heterocycles. The molecule has 4 fully saturated rings. The van der Waals surface area contributed by atoms with Crippen molar-refractivity contribution in [2.75, 3.05) is 0 Å². The van der Waals surface area contributed by atoms with Crippen LogP contribution in [0.2, 0.25) is 0 Å². The highest BCUT2D eigenvalue weighted by atomic mass is 16.8. The van der Waals surface area contributed by atoms with E-state index in [1.165, 1.54) is 11.1 Å². The first-order valence-electron chi connectivity index (χ1n) is 12.6. The van der Waals surface area contributed by atoms with Crippen molar-refractivity contribution < 1.29 is 19.0 Å². The first-order chi connectivity index (χ1) is 16.6. The van der Waals surface area contributed by atoms with Gasteiger partial charge in [-0.15, -0.1) is 0 Å². The lowest BCUT2D eigenvalue weighted by molar-refractivity contribution is -0.163. The second-order valence-electron chi connectivity index (χ2n) is 11.7. The molecular weight excluding hydrogens is 442 g/mol. The van der Waals surface area contributed by atoms with Crippen LogP contribution in [-0.2, 0) is 14.2 Å². The van der Waals surface area contributed by atoms with Crippen molar-refractivity contribution in [3.8, 4) is 0 Å². The maximum atomic E-state index is 13.5. The van der Waals surface area contributed by atoms with Gasteiger partial charge in [0, 0.05) is 6.42 Å². The summed E-state index contributed by atoms with van der Waals surface area (Å²) in [6.45, 7) is 9.60. The van der Waals surface area contributed by atoms with E-state index in [9.17, 15) is 4.79 Å². The van der Waals surface area contributed by atoms with Crippen molar-refractivity contribution in [3.63, 3.8) is 0 Å². The number of ether oxygens (including phenoxy) is 3. The molecule has 6 atom stereocenters. The summed E-state index contributed by atoms with van der Waals surface area (Å²) in [7, 11) is 0. The predicted octanol–water partition coefficient (Wildman–Crippen LogP) is 4.27. The summed E-state index contributed by atoms with van der Waals surface area (Å²) in [6, 6.07) is 20.7. The van der Waals surface area contributed by atoms with Crippen molar-refractivity contribution >= 4 is 6.09 Å². The Hall–Kier alpha value is -2.45. The highest BCUT2D eigenvalue weighted by Gasteiger charge is 2.73. The van der Waals surface area contributed by atoms with Crippen LogP contribution in [0.15, 0.2) is 60.7 Å². The first-order valence-corrected chi connectivity index (χ1v) is 12.6. The first kappa shape index (κ1) is 23.0. The maximum absolute atomic E-state index is 13.5. The molecule has 2 aromatic carbocycles. The molecule has 2 bridgehead atoms. The van der Waals surface area contributed by atoms with Crippen LogP contribution >= 0.6 is 0 Å². The number of carbonyl (C=O) groups excluding carboxylic acids is 1. The van der Waals surface area contributed by atoms with E-state index in [4.69, 9.17) is 14.2 Å². The molecule has 0 unspecified atom stereocenters. The van der Waals surface area contributed by atoms with Gasteiger partial charge in [0.1, 0.15) is 17.8 Å². The molecular formula is C28H35N3O4. The third-order valence-electron chi connectivity index (χ3n) is 7.63. The van der Waals surface area contributed by atoms with Crippen LogP contribution in [0.25, 0.3) is 0 Å². The fraction of sp³-hybridized carbons (Fsp3) is 0.536. The van der Waals surface area contributed by atoms with E-state index in [-0.39, 0.29) is 42.5 Å². The number of rotatable bonds is 2. The molecule has 186 valence electrons. The number of benzene rings is 2. The van der Waals surface area contributed by atoms with E-state index in [1.807, 2.05) is 51.7 Å². The van der Waals surface area contributed by atoms with Crippen LogP contribution in [0.5, 0.6) is 0 Å². The summed E-state index contributed by atoms with van der Waals surface area (Å²) in [5.41, 5.74) is 1.29. The Labute approximate surface area is 207 Å². The number of hydrogen-bond donors (Lipinski definition) is 2. The van der Waals surface area contributed by atoms with E-state index in [1.54, 1.807) is 0 Å². The molecule has 7 nitrogen and oxygen atoms in total. The average Bonchev–Trinajstić information content (AvgIpc) is 3.50. The monoisotopic (exact) mass is 477 g/mol. The predicted molar refractivity (Wildman–Crippen MR) is 131 cm³/mol. The van der Waals surface area contributed by atoms with Crippen molar-refractivity contribution in [2.45, 2.75) is 94.5 Å². The Morgan fingerprint density at radius 3 is 1.94 bits per heavy atom. The highest BCUT2D eigenvalue weighted by molar-refractivity contribution is 5.71. The van der Waals surface area contributed by atoms with Crippen molar-refractivity contribution in [1.82, 2.24) is 15.5 Å². The number of carbonyl (C=O) groups is 1. The summed E-state index contributed by atoms with van der Waals surface area (Å²) in [6.07, 6.45) is -0.0267. The van der Waals surface area contributed by atoms with Crippen LogP contribution in [0.4, 0.5) is 4.79 Å². The van der Waals surface area contributed by atoms with Crippen LogP contribution < -0.4 is 10.6 Å². The van der Waals surface area contributed by atoms with Crippen LogP contribution in [-0.4, -0.2) is 52.3 Å². The quantitative estimate of drug-likeness (QED) is 0.673. The molecule has 1 amide bonds. The Morgan fingerprint density at radius 1 is 0.914 bits per heavy atom. The summed E-state index contributed by atoms with van der Waals surface area (Å²) in [5, 5.41) is 7.91. The minimum atomic E-state index is -0.687. The third-order valence-corrected chi connectivity index (χ3v) is 7.63. The molecule has 2 N–H and O–H groups in total. The van der Waals surface area contributed by atoms with Crippen LogP contribution in [0.3, 0.4) is 0 Å². The minimum Gasteiger partial charge on any atom is -0.444 e. The van der Waals surface area contributed by atoms with Crippen molar-refractivity contribution in [3.05, 3.63) is 71.8 Å². The van der Waals surface area contributed by atoms with Crippen LogP contribution in [0, 0.1) is 0 Å². The summed E-state index contributed by atoms with van der Waals surface area (Å²) >= 11 is 0. The van der Waals surface area contributed by atoms with Gasteiger partial charge in [0.05, 0.1) is 29.8 Å². The van der Waals surface area contributed by atoms with E-state index < -0.39 is 17.1 Å². The van der Waals surface area contributed by atoms with Gasteiger partial charge >= 0.3 is 6.09 Å². The maximum Gasteiger partial charge on any atom is 0.411 e. The SMILES string of the molecule is CC(C)(C)OC(=O)N1[C@H]2[C@H]3OC(C)(C)O[C@H]3[C@@H]1CC21N[C@H](c2ccccc2)[C@@H](c2ccccc2)N1. The summed E-state index contributed by atoms with van der Waals surface area (Å²) in [5.74, 6) is -0.687. The zero-order valence-electron chi connectivity index (χ0n) is 21.0. The van der Waals surface area contributed by atoms with Gasteiger partial charge in [-0.2, -0.15) is 0 Å². The fourth-order valence-electron chi connectivity index (χ4n) is 6.55. The fourth-order valence-corrected chi connectivity index (χ4v) is 6.55. The van der Waals surface area contributed by atoms with Gasteiger partial charge < -0.3 is 14.2 Å². The van der Waals surface area contributed by atoms with E-state index >= 15 is 0 Å².